The molecular formula is C18H35N3O2. The van der Waals surface area contributed by atoms with Gasteiger partial charge >= 0.3 is 6.09 Å². The van der Waals surface area contributed by atoms with Crippen LogP contribution in [0.2, 0.25) is 0 Å². The summed E-state index contributed by atoms with van der Waals surface area (Å²) in [5.41, 5.74) is -0.399. The summed E-state index contributed by atoms with van der Waals surface area (Å²) in [6, 6.07) is 0.682. The van der Waals surface area contributed by atoms with Gasteiger partial charge in [0.25, 0.3) is 0 Å². The number of hydrogen-bond donors (Lipinski definition) is 1. The third-order valence-corrected chi connectivity index (χ3v) is 4.96. The zero-order valence-corrected chi connectivity index (χ0v) is 15.4. The van der Waals surface area contributed by atoms with Gasteiger partial charge in [-0.3, -0.25) is 0 Å². The van der Waals surface area contributed by atoms with Crippen LogP contribution >= 0.6 is 0 Å². The second-order valence-electron chi connectivity index (χ2n) is 8.03. The Balaban J connectivity index is 1.60. The predicted octanol–water partition coefficient (Wildman–Crippen LogP) is 2.71. The fraction of sp³-hybridized carbons (Fsp3) is 0.944. The summed E-state index contributed by atoms with van der Waals surface area (Å²) in [5.74, 6) is 0.616. The van der Waals surface area contributed by atoms with E-state index < -0.39 is 5.60 Å². The van der Waals surface area contributed by atoms with Crippen LogP contribution in [0.4, 0.5) is 4.79 Å². The van der Waals surface area contributed by atoms with Gasteiger partial charge in [-0.05, 0) is 78.6 Å². The summed E-state index contributed by atoms with van der Waals surface area (Å²) in [6.07, 6.45) is 4.65. The molecule has 1 amide bonds. The number of ether oxygens (including phenoxy) is 1. The van der Waals surface area contributed by atoms with E-state index in [9.17, 15) is 4.79 Å². The van der Waals surface area contributed by atoms with Crippen LogP contribution in [0.5, 0.6) is 0 Å². The molecule has 0 aromatic carbocycles. The van der Waals surface area contributed by atoms with E-state index in [0.717, 1.165) is 32.5 Å². The van der Waals surface area contributed by atoms with E-state index in [4.69, 9.17) is 4.74 Å². The van der Waals surface area contributed by atoms with Gasteiger partial charge in [0.2, 0.25) is 0 Å². The lowest BCUT2D eigenvalue weighted by Gasteiger charge is -2.31. The van der Waals surface area contributed by atoms with Gasteiger partial charge in [-0.1, -0.05) is 6.92 Å². The molecule has 0 bridgehead atoms. The van der Waals surface area contributed by atoms with Crippen LogP contribution in [-0.2, 0) is 4.74 Å². The van der Waals surface area contributed by atoms with Crippen molar-refractivity contribution < 1.29 is 9.53 Å². The van der Waals surface area contributed by atoms with Crippen molar-refractivity contribution >= 4 is 6.09 Å². The standard InChI is InChI=1S/C18H35N3O2/c1-5-20-11-8-16(9-12-20)19-10-6-15-7-13-21(14-15)17(22)23-18(2,3)4/h15-16,19H,5-14H2,1-4H3. The zero-order chi connectivity index (χ0) is 16.9. The first kappa shape index (κ1) is 18.5. The molecule has 2 saturated heterocycles. The number of carbonyl (C=O) groups excluding carboxylic acids is 1. The summed E-state index contributed by atoms with van der Waals surface area (Å²) < 4.78 is 5.46. The largest absolute Gasteiger partial charge is 0.444 e. The van der Waals surface area contributed by atoms with Crippen molar-refractivity contribution in [2.45, 2.75) is 65.0 Å². The van der Waals surface area contributed by atoms with Gasteiger partial charge in [0.1, 0.15) is 5.60 Å². The van der Waals surface area contributed by atoms with Crippen LogP contribution in [-0.4, -0.2) is 66.8 Å². The van der Waals surface area contributed by atoms with Crippen molar-refractivity contribution in [1.82, 2.24) is 15.1 Å². The topological polar surface area (TPSA) is 44.8 Å². The van der Waals surface area contributed by atoms with Gasteiger partial charge in [0.15, 0.2) is 0 Å². The summed E-state index contributed by atoms with van der Waals surface area (Å²) in [6.45, 7) is 14.4. The summed E-state index contributed by atoms with van der Waals surface area (Å²) in [4.78, 5) is 16.5. The van der Waals surface area contributed by atoms with Crippen molar-refractivity contribution in [2.24, 2.45) is 5.92 Å². The number of hydrogen-bond acceptors (Lipinski definition) is 4. The van der Waals surface area contributed by atoms with E-state index in [1.54, 1.807) is 0 Å². The second kappa shape index (κ2) is 8.34. The van der Waals surface area contributed by atoms with Gasteiger partial charge < -0.3 is 19.9 Å². The quantitative estimate of drug-likeness (QED) is 0.844. The molecule has 2 rings (SSSR count). The predicted molar refractivity (Wildman–Crippen MR) is 93.7 cm³/mol. The molecule has 0 aromatic rings. The second-order valence-corrected chi connectivity index (χ2v) is 8.03. The first-order chi connectivity index (χ1) is 10.9. The number of piperidine rings is 1. The maximum absolute atomic E-state index is 12.1. The minimum absolute atomic E-state index is 0.153. The van der Waals surface area contributed by atoms with Crippen molar-refractivity contribution in [3.8, 4) is 0 Å². The van der Waals surface area contributed by atoms with Crippen LogP contribution in [0, 0.1) is 5.92 Å². The molecule has 2 heterocycles. The number of amides is 1. The molecule has 23 heavy (non-hydrogen) atoms. The molecule has 2 aliphatic heterocycles. The first-order valence-electron chi connectivity index (χ1n) is 9.31. The Labute approximate surface area is 141 Å². The highest BCUT2D eigenvalue weighted by atomic mass is 16.6. The highest BCUT2D eigenvalue weighted by Crippen LogP contribution is 2.22. The minimum Gasteiger partial charge on any atom is -0.444 e. The van der Waals surface area contributed by atoms with E-state index in [1.165, 1.54) is 32.5 Å². The van der Waals surface area contributed by atoms with E-state index in [2.05, 4.69) is 17.1 Å². The maximum Gasteiger partial charge on any atom is 0.410 e. The van der Waals surface area contributed by atoms with E-state index in [-0.39, 0.29) is 6.09 Å². The summed E-state index contributed by atoms with van der Waals surface area (Å²) in [5, 5.41) is 3.71. The monoisotopic (exact) mass is 325 g/mol. The van der Waals surface area contributed by atoms with Gasteiger partial charge in [-0.2, -0.15) is 0 Å². The lowest BCUT2D eigenvalue weighted by molar-refractivity contribution is 0.0287. The van der Waals surface area contributed by atoms with Crippen molar-refractivity contribution in [3.63, 3.8) is 0 Å². The molecule has 5 nitrogen and oxygen atoms in total. The molecule has 0 aliphatic carbocycles. The minimum atomic E-state index is -0.399. The third kappa shape index (κ3) is 6.30. The average molecular weight is 325 g/mol. The fourth-order valence-corrected chi connectivity index (χ4v) is 3.51. The van der Waals surface area contributed by atoms with Crippen LogP contribution in [0.25, 0.3) is 0 Å². The lowest BCUT2D eigenvalue weighted by Crippen LogP contribution is -2.42. The number of rotatable bonds is 5. The molecular weight excluding hydrogens is 290 g/mol. The normalized spacial score (nSPS) is 24.2. The third-order valence-electron chi connectivity index (χ3n) is 4.96. The molecule has 0 aromatic heterocycles. The molecule has 5 heteroatoms. The molecule has 2 fully saturated rings. The number of carbonyl (C=O) groups is 1. The Bertz CT molecular complexity index is 373. The Hall–Kier alpha value is -0.810. The highest BCUT2D eigenvalue weighted by Gasteiger charge is 2.29. The van der Waals surface area contributed by atoms with Crippen LogP contribution in [0.15, 0.2) is 0 Å². The van der Waals surface area contributed by atoms with Crippen LogP contribution < -0.4 is 5.32 Å². The van der Waals surface area contributed by atoms with Gasteiger partial charge in [-0.25, -0.2) is 4.79 Å². The Morgan fingerprint density at radius 2 is 1.87 bits per heavy atom. The van der Waals surface area contributed by atoms with Crippen molar-refractivity contribution in [2.75, 3.05) is 39.3 Å². The Morgan fingerprint density at radius 3 is 2.48 bits per heavy atom. The van der Waals surface area contributed by atoms with Crippen molar-refractivity contribution in [1.29, 1.82) is 0 Å². The van der Waals surface area contributed by atoms with E-state index >= 15 is 0 Å². The highest BCUT2D eigenvalue weighted by molar-refractivity contribution is 5.68. The average Bonchev–Trinajstić information content (AvgIpc) is 2.95. The SMILES string of the molecule is CCN1CCC(NCCC2CCN(C(=O)OC(C)(C)C)C2)CC1. The molecule has 0 saturated carbocycles. The Morgan fingerprint density at radius 1 is 1.17 bits per heavy atom. The van der Waals surface area contributed by atoms with E-state index in [1.807, 2.05) is 25.7 Å². The molecule has 0 radical (unpaired) electrons. The lowest BCUT2D eigenvalue weighted by atomic mass is 10.0. The smallest absolute Gasteiger partial charge is 0.410 e. The van der Waals surface area contributed by atoms with Gasteiger partial charge in [0, 0.05) is 19.1 Å². The van der Waals surface area contributed by atoms with E-state index in [0.29, 0.717) is 12.0 Å². The fourth-order valence-electron chi connectivity index (χ4n) is 3.51. The Kier molecular flexibility index (Phi) is 6.72. The molecule has 2 aliphatic rings. The summed E-state index contributed by atoms with van der Waals surface area (Å²) in [7, 11) is 0. The molecule has 1 atom stereocenters. The maximum atomic E-state index is 12.1. The molecule has 0 spiro atoms. The molecule has 1 unspecified atom stereocenters. The molecule has 1 N–H and O–H groups in total. The van der Waals surface area contributed by atoms with Crippen molar-refractivity contribution in [3.05, 3.63) is 0 Å². The number of nitrogens with zero attached hydrogens (tertiary/aromatic N) is 2. The zero-order valence-electron chi connectivity index (χ0n) is 15.4. The van der Waals surface area contributed by atoms with Gasteiger partial charge in [0.05, 0.1) is 0 Å². The van der Waals surface area contributed by atoms with Crippen LogP contribution in [0.3, 0.4) is 0 Å². The summed E-state index contributed by atoms with van der Waals surface area (Å²) >= 11 is 0. The molecule has 134 valence electrons. The van der Waals surface area contributed by atoms with Crippen LogP contribution in [0.1, 0.15) is 53.4 Å². The number of nitrogens with one attached hydrogen (secondary N) is 1. The van der Waals surface area contributed by atoms with Gasteiger partial charge in [-0.15, -0.1) is 0 Å². The number of likely N-dealkylation sites (tertiary alicyclic amines) is 2. The first-order valence-corrected chi connectivity index (χ1v) is 9.31.